The lowest BCUT2D eigenvalue weighted by atomic mass is 10.1. The number of rotatable bonds is 3. The van der Waals surface area contributed by atoms with E-state index in [4.69, 9.17) is 0 Å². The van der Waals surface area contributed by atoms with Crippen molar-refractivity contribution in [3.05, 3.63) is 35.1 Å². The Kier molecular flexibility index (Phi) is 4.20. The summed E-state index contributed by atoms with van der Waals surface area (Å²) in [6.45, 7) is 1.64. The van der Waals surface area contributed by atoms with Crippen LogP contribution >= 0.6 is 0 Å². The number of carbonyl (C=O) groups is 2. The number of nitrogens with zero attached hydrogens (tertiary/aromatic N) is 1. The van der Waals surface area contributed by atoms with Gasteiger partial charge in [-0.1, -0.05) is 0 Å². The lowest BCUT2D eigenvalue weighted by Gasteiger charge is -2.17. The maximum Gasteiger partial charge on any atom is 0.254 e. The highest BCUT2D eigenvalue weighted by molar-refractivity contribution is 5.97. The Labute approximate surface area is 99.4 Å². The zero-order chi connectivity index (χ0) is 13.0. The molecule has 0 aromatic heterocycles. The van der Waals surface area contributed by atoms with Crippen LogP contribution in [0, 0.1) is 12.7 Å². The minimum absolute atomic E-state index is 0.0217. The van der Waals surface area contributed by atoms with Crippen molar-refractivity contribution in [2.24, 2.45) is 0 Å². The van der Waals surface area contributed by atoms with Crippen LogP contribution in [-0.2, 0) is 4.79 Å². The number of halogens is 1. The summed E-state index contributed by atoms with van der Waals surface area (Å²) in [4.78, 5) is 24.4. The second-order valence-electron chi connectivity index (χ2n) is 3.79. The maximum absolute atomic E-state index is 12.9. The maximum atomic E-state index is 12.9. The summed E-state index contributed by atoms with van der Waals surface area (Å²) in [5.74, 6) is -0.931. The summed E-state index contributed by atoms with van der Waals surface area (Å²) in [5.41, 5.74) is 0.955. The molecule has 0 saturated heterocycles. The summed E-state index contributed by atoms with van der Waals surface area (Å²) in [6.07, 6.45) is 0. The Morgan fingerprint density at radius 1 is 1.41 bits per heavy atom. The van der Waals surface area contributed by atoms with Gasteiger partial charge in [-0.15, -0.1) is 0 Å². The van der Waals surface area contributed by atoms with E-state index in [1.54, 1.807) is 6.92 Å². The fourth-order valence-corrected chi connectivity index (χ4v) is 1.44. The van der Waals surface area contributed by atoms with Gasteiger partial charge in [0, 0.05) is 19.7 Å². The minimum atomic E-state index is -0.381. The molecule has 0 radical (unpaired) electrons. The van der Waals surface area contributed by atoms with Crippen molar-refractivity contribution in [1.82, 2.24) is 10.2 Å². The minimum Gasteiger partial charge on any atom is -0.358 e. The van der Waals surface area contributed by atoms with Gasteiger partial charge in [-0.2, -0.15) is 0 Å². The second-order valence-corrected chi connectivity index (χ2v) is 3.79. The van der Waals surface area contributed by atoms with Crippen LogP contribution in [0.4, 0.5) is 4.39 Å². The first-order valence-corrected chi connectivity index (χ1v) is 5.18. The van der Waals surface area contributed by atoms with Crippen molar-refractivity contribution in [3.63, 3.8) is 0 Å². The van der Waals surface area contributed by atoms with Gasteiger partial charge in [-0.05, 0) is 30.7 Å². The Hall–Kier alpha value is -1.91. The third kappa shape index (κ3) is 3.27. The molecule has 92 valence electrons. The molecule has 1 aromatic carbocycles. The van der Waals surface area contributed by atoms with Crippen molar-refractivity contribution >= 4 is 11.8 Å². The van der Waals surface area contributed by atoms with Crippen LogP contribution in [0.2, 0.25) is 0 Å². The SMILES string of the molecule is CNC(=O)CN(C)C(=O)c1ccc(F)cc1C. The zero-order valence-corrected chi connectivity index (χ0v) is 10.1. The third-order valence-corrected chi connectivity index (χ3v) is 2.43. The van der Waals surface area contributed by atoms with Crippen molar-refractivity contribution in [3.8, 4) is 0 Å². The Bertz CT molecular complexity index is 446. The molecule has 0 heterocycles. The van der Waals surface area contributed by atoms with E-state index < -0.39 is 0 Å². The highest BCUT2D eigenvalue weighted by Crippen LogP contribution is 2.12. The van der Waals surface area contributed by atoms with Gasteiger partial charge in [0.05, 0.1) is 6.54 Å². The van der Waals surface area contributed by atoms with E-state index >= 15 is 0 Å². The summed E-state index contributed by atoms with van der Waals surface area (Å²) in [5, 5.41) is 2.43. The summed E-state index contributed by atoms with van der Waals surface area (Å²) < 4.78 is 12.9. The summed E-state index contributed by atoms with van der Waals surface area (Å²) >= 11 is 0. The van der Waals surface area contributed by atoms with E-state index in [9.17, 15) is 14.0 Å². The molecule has 0 saturated carbocycles. The largest absolute Gasteiger partial charge is 0.358 e. The van der Waals surface area contributed by atoms with Gasteiger partial charge in [0.2, 0.25) is 5.91 Å². The van der Waals surface area contributed by atoms with Gasteiger partial charge in [0.15, 0.2) is 0 Å². The van der Waals surface area contributed by atoms with E-state index in [0.29, 0.717) is 11.1 Å². The normalized spacial score (nSPS) is 9.88. The molecular formula is C12H15FN2O2. The van der Waals surface area contributed by atoms with Crippen LogP contribution in [0.5, 0.6) is 0 Å². The Balaban J connectivity index is 2.85. The zero-order valence-electron chi connectivity index (χ0n) is 10.1. The number of likely N-dealkylation sites (N-methyl/N-ethyl adjacent to an activating group) is 2. The topological polar surface area (TPSA) is 49.4 Å². The molecule has 17 heavy (non-hydrogen) atoms. The molecule has 1 N–H and O–H groups in total. The van der Waals surface area contributed by atoms with Crippen LogP contribution in [0.1, 0.15) is 15.9 Å². The van der Waals surface area contributed by atoms with Gasteiger partial charge in [-0.3, -0.25) is 9.59 Å². The van der Waals surface area contributed by atoms with Gasteiger partial charge in [0.1, 0.15) is 5.82 Å². The number of carbonyl (C=O) groups excluding carboxylic acids is 2. The van der Waals surface area contributed by atoms with Crippen molar-refractivity contribution in [1.29, 1.82) is 0 Å². The molecule has 2 amide bonds. The predicted octanol–water partition coefficient (Wildman–Crippen LogP) is 0.952. The molecule has 4 nitrogen and oxygen atoms in total. The van der Waals surface area contributed by atoms with E-state index in [0.717, 1.165) is 0 Å². The lowest BCUT2D eigenvalue weighted by Crippen LogP contribution is -2.37. The van der Waals surface area contributed by atoms with Gasteiger partial charge in [-0.25, -0.2) is 4.39 Å². The number of aryl methyl sites for hydroxylation is 1. The van der Waals surface area contributed by atoms with Gasteiger partial charge >= 0.3 is 0 Å². The number of hydrogen-bond acceptors (Lipinski definition) is 2. The van der Waals surface area contributed by atoms with Crippen molar-refractivity contribution in [2.45, 2.75) is 6.92 Å². The quantitative estimate of drug-likeness (QED) is 0.852. The Morgan fingerprint density at radius 3 is 2.59 bits per heavy atom. The molecule has 0 fully saturated rings. The second kappa shape index (κ2) is 5.43. The molecular weight excluding hydrogens is 223 g/mol. The molecule has 0 aliphatic rings. The number of amides is 2. The molecule has 1 rings (SSSR count). The highest BCUT2D eigenvalue weighted by atomic mass is 19.1. The van der Waals surface area contributed by atoms with E-state index in [1.807, 2.05) is 0 Å². The first-order valence-electron chi connectivity index (χ1n) is 5.18. The predicted molar refractivity (Wildman–Crippen MR) is 62.2 cm³/mol. The first kappa shape index (κ1) is 13.2. The van der Waals surface area contributed by atoms with Crippen molar-refractivity contribution in [2.75, 3.05) is 20.6 Å². The number of benzene rings is 1. The molecule has 0 aliphatic heterocycles. The van der Waals surface area contributed by atoms with Crippen LogP contribution in [0.15, 0.2) is 18.2 Å². The number of hydrogen-bond donors (Lipinski definition) is 1. The molecule has 1 aromatic rings. The monoisotopic (exact) mass is 238 g/mol. The summed E-state index contributed by atoms with van der Waals surface area (Å²) in [6, 6.07) is 3.95. The van der Waals surface area contributed by atoms with Crippen molar-refractivity contribution < 1.29 is 14.0 Å². The fraction of sp³-hybridized carbons (Fsp3) is 0.333. The van der Waals surface area contributed by atoms with Crippen LogP contribution in [0.3, 0.4) is 0 Å². The van der Waals surface area contributed by atoms with Crippen LogP contribution in [-0.4, -0.2) is 37.4 Å². The van der Waals surface area contributed by atoms with E-state index in [2.05, 4.69) is 5.32 Å². The number of nitrogens with one attached hydrogen (secondary N) is 1. The fourth-order valence-electron chi connectivity index (χ4n) is 1.44. The highest BCUT2D eigenvalue weighted by Gasteiger charge is 2.16. The summed E-state index contributed by atoms with van der Waals surface area (Å²) in [7, 11) is 3.03. The third-order valence-electron chi connectivity index (χ3n) is 2.43. The average molecular weight is 238 g/mol. The van der Waals surface area contributed by atoms with Gasteiger partial charge in [0.25, 0.3) is 5.91 Å². The lowest BCUT2D eigenvalue weighted by molar-refractivity contribution is -0.121. The molecule has 5 heteroatoms. The van der Waals surface area contributed by atoms with Gasteiger partial charge < -0.3 is 10.2 Å². The van der Waals surface area contributed by atoms with E-state index in [1.165, 1.54) is 37.2 Å². The molecule has 0 aliphatic carbocycles. The molecule has 0 bridgehead atoms. The van der Waals surface area contributed by atoms with Crippen LogP contribution < -0.4 is 5.32 Å². The first-order chi connectivity index (χ1) is 7.95. The Morgan fingerprint density at radius 2 is 2.06 bits per heavy atom. The molecule has 0 atom stereocenters. The average Bonchev–Trinajstić information content (AvgIpc) is 2.28. The molecule has 0 spiro atoms. The molecule has 0 unspecified atom stereocenters. The smallest absolute Gasteiger partial charge is 0.254 e. The standard InChI is InChI=1S/C12H15FN2O2/c1-8-6-9(13)4-5-10(8)12(17)15(3)7-11(16)14-2/h4-6H,7H2,1-3H3,(H,14,16). The van der Waals surface area contributed by atoms with E-state index in [-0.39, 0.29) is 24.2 Å². The van der Waals surface area contributed by atoms with Crippen LogP contribution in [0.25, 0.3) is 0 Å².